The Labute approximate surface area is 122 Å². The first-order valence-electron chi connectivity index (χ1n) is 6.48. The van der Waals surface area contributed by atoms with Crippen molar-refractivity contribution < 1.29 is 9.53 Å². The van der Waals surface area contributed by atoms with Crippen molar-refractivity contribution in [2.45, 2.75) is 45.9 Å². The summed E-state index contributed by atoms with van der Waals surface area (Å²) in [6, 6.07) is 2.02. The Morgan fingerprint density at radius 2 is 2.35 bits per heavy atom. The van der Waals surface area contributed by atoms with Gasteiger partial charge in [-0.1, -0.05) is 5.11 Å². The van der Waals surface area contributed by atoms with Crippen molar-refractivity contribution in [2.75, 3.05) is 6.54 Å². The molecule has 0 fully saturated rings. The van der Waals surface area contributed by atoms with Crippen molar-refractivity contribution in [3.63, 3.8) is 0 Å². The number of thiophene rings is 1. The fourth-order valence-electron chi connectivity index (χ4n) is 2.06. The molecule has 0 bridgehead atoms. The minimum absolute atomic E-state index is 0.272. The molecular weight excluding hydrogens is 276 g/mol. The monoisotopic (exact) mass is 294 g/mol. The Morgan fingerprint density at radius 1 is 1.60 bits per heavy atom. The van der Waals surface area contributed by atoms with Gasteiger partial charge in [0.1, 0.15) is 5.60 Å². The SMILES string of the molecule is CC(C)(C)OC(=O)N1CCc2sc(CN=[N+]=[N-])cc2C1. The summed E-state index contributed by atoms with van der Waals surface area (Å²) in [4.78, 5) is 18.8. The van der Waals surface area contributed by atoms with Gasteiger partial charge < -0.3 is 9.64 Å². The molecule has 1 aliphatic rings. The zero-order chi connectivity index (χ0) is 14.8. The van der Waals surface area contributed by atoms with E-state index in [2.05, 4.69) is 10.0 Å². The summed E-state index contributed by atoms with van der Waals surface area (Å²) in [5.41, 5.74) is 9.01. The van der Waals surface area contributed by atoms with Crippen molar-refractivity contribution in [3.05, 3.63) is 31.8 Å². The lowest BCUT2D eigenvalue weighted by atomic mass is 10.1. The number of carbonyl (C=O) groups excluding carboxylic acids is 1. The van der Waals surface area contributed by atoms with Crippen molar-refractivity contribution in [1.82, 2.24) is 4.90 Å². The van der Waals surface area contributed by atoms with Gasteiger partial charge >= 0.3 is 6.09 Å². The number of ether oxygens (including phenoxy) is 1. The maximum Gasteiger partial charge on any atom is 0.410 e. The zero-order valence-corrected chi connectivity index (χ0v) is 12.7. The molecule has 0 aromatic carbocycles. The zero-order valence-electron chi connectivity index (χ0n) is 11.9. The van der Waals surface area contributed by atoms with Crippen molar-refractivity contribution in [3.8, 4) is 0 Å². The van der Waals surface area contributed by atoms with E-state index in [9.17, 15) is 4.79 Å². The third-order valence-corrected chi connectivity index (χ3v) is 4.08. The van der Waals surface area contributed by atoms with Crippen LogP contribution in [-0.4, -0.2) is 23.1 Å². The third kappa shape index (κ3) is 3.65. The molecule has 0 saturated heterocycles. The number of hydrogen-bond donors (Lipinski definition) is 0. The third-order valence-electron chi connectivity index (χ3n) is 2.86. The van der Waals surface area contributed by atoms with E-state index < -0.39 is 5.60 Å². The van der Waals surface area contributed by atoms with Crippen LogP contribution in [-0.2, 0) is 24.2 Å². The average molecular weight is 294 g/mol. The highest BCUT2D eigenvalue weighted by molar-refractivity contribution is 7.12. The average Bonchev–Trinajstić information content (AvgIpc) is 2.75. The highest BCUT2D eigenvalue weighted by Crippen LogP contribution is 2.29. The van der Waals surface area contributed by atoms with E-state index in [1.165, 1.54) is 4.88 Å². The second-order valence-corrected chi connectivity index (χ2v) is 6.92. The van der Waals surface area contributed by atoms with Crippen LogP contribution in [0.25, 0.3) is 10.4 Å². The molecule has 1 aromatic rings. The highest BCUT2D eigenvalue weighted by atomic mass is 32.1. The Bertz CT molecular complexity index is 555. The first-order valence-corrected chi connectivity index (χ1v) is 7.30. The number of amides is 1. The van der Waals surface area contributed by atoms with Crippen LogP contribution in [0.3, 0.4) is 0 Å². The summed E-state index contributed by atoms with van der Waals surface area (Å²) in [7, 11) is 0. The van der Waals surface area contributed by atoms with Crippen molar-refractivity contribution in [1.29, 1.82) is 0 Å². The maximum absolute atomic E-state index is 12.0. The van der Waals surface area contributed by atoms with Crippen LogP contribution in [0.15, 0.2) is 11.2 Å². The second kappa shape index (κ2) is 5.73. The van der Waals surface area contributed by atoms with Crippen molar-refractivity contribution >= 4 is 17.4 Å². The second-order valence-electron chi connectivity index (χ2n) is 5.70. The van der Waals surface area contributed by atoms with Crippen LogP contribution in [0.4, 0.5) is 4.79 Å². The van der Waals surface area contributed by atoms with E-state index in [1.54, 1.807) is 16.2 Å². The van der Waals surface area contributed by atoms with Gasteiger partial charge in [-0.3, -0.25) is 0 Å². The standard InChI is InChI=1S/C13H18N4O2S/c1-13(2,3)19-12(18)17-5-4-11-9(8-17)6-10(20-11)7-15-16-14/h6H,4-5,7-8H2,1-3H3. The lowest BCUT2D eigenvalue weighted by Crippen LogP contribution is -2.39. The summed E-state index contributed by atoms with van der Waals surface area (Å²) in [6.07, 6.45) is 0.557. The van der Waals surface area contributed by atoms with Gasteiger partial charge in [-0.2, -0.15) is 0 Å². The predicted octanol–water partition coefficient (Wildman–Crippen LogP) is 3.85. The summed E-state index contributed by atoms with van der Waals surface area (Å²) in [5, 5.41) is 3.57. The summed E-state index contributed by atoms with van der Waals surface area (Å²) in [5.74, 6) is 0. The number of carbonyl (C=O) groups is 1. The lowest BCUT2D eigenvalue weighted by Gasteiger charge is -2.29. The molecule has 108 valence electrons. The van der Waals surface area contributed by atoms with Crippen LogP contribution in [0.5, 0.6) is 0 Å². The van der Waals surface area contributed by atoms with Crippen molar-refractivity contribution in [2.24, 2.45) is 5.11 Å². The predicted molar refractivity (Wildman–Crippen MR) is 77.5 cm³/mol. The number of fused-ring (bicyclic) bond motifs is 1. The van der Waals surface area contributed by atoms with Crippen LogP contribution >= 0.6 is 11.3 Å². The molecule has 0 atom stereocenters. The molecule has 0 saturated carbocycles. The Kier molecular flexibility index (Phi) is 4.20. The molecule has 7 heteroatoms. The summed E-state index contributed by atoms with van der Waals surface area (Å²) >= 11 is 1.66. The minimum Gasteiger partial charge on any atom is -0.444 e. The maximum atomic E-state index is 12.0. The van der Waals surface area contributed by atoms with Gasteiger partial charge in [0, 0.05) is 21.2 Å². The molecule has 1 aliphatic heterocycles. The molecular formula is C13H18N4O2S. The van der Waals surface area contributed by atoms with Crippen LogP contribution in [0, 0.1) is 0 Å². The fraction of sp³-hybridized carbons (Fsp3) is 0.615. The van der Waals surface area contributed by atoms with E-state index in [-0.39, 0.29) is 6.09 Å². The Balaban J connectivity index is 2.05. The molecule has 0 unspecified atom stereocenters. The molecule has 2 heterocycles. The lowest BCUT2D eigenvalue weighted by molar-refractivity contribution is 0.0225. The quantitative estimate of drug-likeness (QED) is 0.472. The molecule has 20 heavy (non-hydrogen) atoms. The number of nitrogens with zero attached hydrogens (tertiary/aromatic N) is 4. The number of rotatable bonds is 2. The normalized spacial score (nSPS) is 14.4. The molecule has 0 radical (unpaired) electrons. The largest absolute Gasteiger partial charge is 0.444 e. The molecule has 6 nitrogen and oxygen atoms in total. The van der Waals surface area contributed by atoms with Gasteiger partial charge in [-0.05, 0) is 44.4 Å². The van der Waals surface area contributed by atoms with Crippen LogP contribution in [0.1, 0.15) is 36.1 Å². The van der Waals surface area contributed by atoms with E-state index in [0.29, 0.717) is 19.6 Å². The highest BCUT2D eigenvalue weighted by Gasteiger charge is 2.26. The van der Waals surface area contributed by atoms with E-state index in [0.717, 1.165) is 16.9 Å². The smallest absolute Gasteiger partial charge is 0.410 e. The van der Waals surface area contributed by atoms with Crippen LogP contribution < -0.4 is 0 Å². The van der Waals surface area contributed by atoms with Gasteiger partial charge in [0.05, 0.1) is 13.1 Å². The fourth-order valence-corrected chi connectivity index (χ4v) is 3.14. The van der Waals surface area contributed by atoms with Gasteiger partial charge in [0.2, 0.25) is 0 Å². The number of hydrogen-bond acceptors (Lipinski definition) is 4. The van der Waals surface area contributed by atoms with Gasteiger partial charge in [-0.15, -0.1) is 11.3 Å². The Morgan fingerprint density at radius 3 is 3.00 bits per heavy atom. The number of azide groups is 1. The van der Waals surface area contributed by atoms with E-state index in [1.807, 2.05) is 26.8 Å². The molecule has 1 aromatic heterocycles. The first kappa shape index (κ1) is 14.7. The topological polar surface area (TPSA) is 78.3 Å². The van der Waals surface area contributed by atoms with Gasteiger partial charge in [-0.25, -0.2) is 4.79 Å². The molecule has 0 spiro atoms. The minimum atomic E-state index is -0.474. The summed E-state index contributed by atoms with van der Waals surface area (Å²) in [6.45, 7) is 7.20. The van der Waals surface area contributed by atoms with Gasteiger partial charge in [0.15, 0.2) is 0 Å². The molecule has 1 amide bonds. The summed E-state index contributed by atoms with van der Waals surface area (Å²) < 4.78 is 5.39. The molecule has 0 N–H and O–H groups in total. The van der Waals surface area contributed by atoms with E-state index >= 15 is 0 Å². The molecule has 2 rings (SSSR count). The van der Waals surface area contributed by atoms with Crippen LogP contribution in [0.2, 0.25) is 0 Å². The molecule has 0 aliphatic carbocycles. The Hall–Kier alpha value is -1.72. The van der Waals surface area contributed by atoms with E-state index in [4.69, 9.17) is 10.3 Å². The van der Waals surface area contributed by atoms with Gasteiger partial charge in [0.25, 0.3) is 0 Å². The first-order chi connectivity index (χ1) is 9.39.